The molecule has 0 radical (unpaired) electrons. The molecule has 3 atom stereocenters. The molecule has 1 N–H and O–H groups in total. The number of nitriles is 1. The van der Waals surface area contributed by atoms with Crippen molar-refractivity contribution in [1.29, 1.82) is 5.26 Å². The highest BCUT2D eigenvalue weighted by molar-refractivity contribution is 5.83. The lowest BCUT2D eigenvalue weighted by molar-refractivity contribution is -0.133. The largest absolute Gasteiger partial charge is 0.366 e. The number of nitrogens with zero attached hydrogens (tertiary/aromatic N) is 5. The zero-order chi connectivity index (χ0) is 24.0. The molecule has 6 rings (SSSR count). The number of piperidine rings is 1. The summed E-state index contributed by atoms with van der Waals surface area (Å²) in [4.78, 5) is 16.8. The number of amides is 1. The van der Waals surface area contributed by atoms with Crippen LogP contribution in [0.25, 0.3) is 16.6 Å². The first-order valence-corrected chi connectivity index (χ1v) is 12.5. The average molecular weight is 473 g/mol. The van der Waals surface area contributed by atoms with Crippen LogP contribution in [-0.4, -0.2) is 59.7 Å². The Kier molecular flexibility index (Phi) is 5.45. The molecule has 1 amide bonds. The Balaban J connectivity index is 1.19. The van der Waals surface area contributed by atoms with E-state index in [1.54, 1.807) is 6.20 Å². The lowest BCUT2D eigenvalue weighted by Gasteiger charge is -2.36. The van der Waals surface area contributed by atoms with E-state index in [4.69, 9.17) is 5.26 Å². The van der Waals surface area contributed by atoms with Crippen molar-refractivity contribution in [3.05, 3.63) is 54.4 Å². The highest BCUT2D eigenvalue weighted by atomic mass is 19.1. The zero-order valence-corrected chi connectivity index (χ0v) is 19.7. The van der Waals surface area contributed by atoms with Crippen molar-refractivity contribution >= 4 is 17.1 Å². The molecule has 3 aliphatic rings. The van der Waals surface area contributed by atoms with Crippen molar-refractivity contribution < 1.29 is 9.18 Å². The third kappa shape index (κ3) is 4.04. The first kappa shape index (κ1) is 22.1. The molecule has 35 heavy (non-hydrogen) atoms. The van der Waals surface area contributed by atoms with Crippen molar-refractivity contribution in [1.82, 2.24) is 19.8 Å². The Bertz CT molecular complexity index is 1280. The van der Waals surface area contributed by atoms with E-state index in [0.29, 0.717) is 32.5 Å². The molecule has 1 saturated carbocycles. The number of benzene rings is 1. The highest BCUT2D eigenvalue weighted by Crippen LogP contribution is 2.39. The van der Waals surface area contributed by atoms with Gasteiger partial charge in [-0.1, -0.05) is 24.3 Å². The predicted molar refractivity (Wildman–Crippen MR) is 132 cm³/mol. The van der Waals surface area contributed by atoms with Gasteiger partial charge >= 0.3 is 0 Å². The number of carbonyl (C=O) groups excluding carboxylic acids is 1. The molecule has 2 aromatic heterocycles. The molecule has 180 valence electrons. The van der Waals surface area contributed by atoms with Gasteiger partial charge in [0.25, 0.3) is 0 Å². The van der Waals surface area contributed by atoms with Gasteiger partial charge in [-0.25, -0.2) is 8.91 Å². The first-order valence-electron chi connectivity index (χ1n) is 12.5. The molecule has 1 aliphatic carbocycles. The smallest absolute Gasteiger partial charge is 0.227 e. The molecule has 2 aliphatic heterocycles. The second-order valence-corrected chi connectivity index (χ2v) is 9.99. The monoisotopic (exact) mass is 472 g/mol. The average Bonchev–Trinajstić information content (AvgIpc) is 3.57. The quantitative estimate of drug-likeness (QED) is 0.630. The van der Waals surface area contributed by atoms with Gasteiger partial charge in [-0.05, 0) is 49.1 Å². The second-order valence-electron chi connectivity index (χ2n) is 9.99. The van der Waals surface area contributed by atoms with E-state index in [0.717, 1.165) is 53.9 Å². The van der Waals surface area contributed by atoms with Crippen LogP contribution in [0.3, 0.4) is 0 Å². The van der Waals surface area contributed by atoms with Crippen molar-refractivity contribution in [3.8, 4) is 17.2 Å². The molecule has 4 heterocycles. The lowest BCUT2D eigenvalue weighted by atomic mass is 9.87. The van der Waals surface area contributed by atoms with Crippen LogP contribution in [-0.2, 0) is 10.5 Å². The van der Waals surface area contributed by atoms with Crippen LogP contribution in [0.1, 0.15) is 24.8 Å². The summed E-state index contributed by atoms with van der Waals surface area (Å²) >= 11 is 0. The molecule has 1 aromatic carbocycles. The van der Waals surface area contributed by atoms with Gasteiger partial charge in [0.1, 0.15) is 5.67 Å². The molecule has 0 bridgehead atoms. The lowest BCUT2D eigenvalue weighted by Crippen LogP contribution is -2.49. The molecule has 1 unspecified atom stereocenters. The fourth-order valence-electron chi connectivity index (χ4n) is 5.51. The molecule has 7 nitrogen and oxygen atoms in total. The van der Waals surface area contributed by atoms with E-state index >= 15 is 4.39 Å². The molecule has 2 saturated heterocycles. The molecular weight excluding hydrogens is 443 g/mol. The maximum Gasteiger partial charge on any atom is 0.227 e. The van der Waals surface area contributed by atoms with E-state index in [2.05, 4.69) is 27.5 Å². The fourth-order valence-corrected chi connectivity index (χ4v) is 5.51. The number of hydrogen-bond donors (Lipinski definition) is 1. The SMILES string of the molecule is N#C[C@H]1CC1C(=O)N1CCN(c2ccnn3cc(-c4ccc([C@]5(F)CCCNC5)cc4)cc23)CC1. The Morgan fingerprint density at radius 1 is 1.14 bits per heavy atom. The van der Waals surface area contributed by atoms with Gasteiger partial charge in [0, 0.05) is 50.7 Å². The summed E-state index contributed by atoms with van der Waals surface area (Å²) in [7, 11) is 0. The van der Waals surface area contributed by atoms with Crippen LogP contribution in [0.4, 0.5) is 10.1 Å². The van der Waals surface area contributed by atoms with Gasteiger partial charge in [-0.2, -0.15) is 10.4 Å². The number of anilines is 1. The van der Waals surface area contributed by atoms with Crippen molar-refractivity contribution in [3.63, 3.8) is 0 Å². The summed E-state index contributed by atoms with van der Waals surface area (Å²) in [5.41, 5.74) is 3.61. The van der Waals surface area contributed by atoms with Crippen LogP contribution < -0.4 is 10.2 Å². The van der Waals surface area contributed by atoms with Gasteiger partial charge in [-0.3, -0.25) is 4.79 Å². The van der Waals surface area contributed by atoms with Crippen LogP contribution in [0.5, 0.6) is 0 Å². The molecule has 3 fully saturated rings. The number of fused-ring (bicyclic) bond motifs is 1. The van der Waals surface area contributed by atoms with Crippen LogP contribution in [0, 0.1) is 23.2 Å². The summed E-state index contributed by atoms with van der Waals surface area (Å²) in [5, 5.41) is 16.7. The van der Waals surface area contributed by atoms with E-state index in [1.165, 1.54) is 0 Å². The number of rotatable bonds is 4. The Morgan fingerprint density at radius 2 is 1.94 bits per heavy atom. The highest BCUT2D eigenvalue weighted by Gasteiger charge is 2.45. The van der Waals surface area contributed by atoms with E-state index in [1.807, 2.05) is 45.9 Å². The fraction of sp³-hybridized carbons (Fsp3) is 0.444. The van der Waals surface area contributed by atoms with Crippen molar-refractivity contribution in [2.24, 2.45) is 11.8 Å². The van der Waals surface area contributed by atoms with Gasteiger partial charge in [0.15, 0.2) is 0 Å². The number of piperazine rings is 1. The summed E-state index contributed by atoms with van der Waals surface area (Å²) in [6.45, 7) is 4.07. The molecular formula is C27H29FN6O. The number of alkyl halides is 1. The molecule has 3 aromatic rings. The summed E-state index contributed by atoms with van der Waals surface area (Å²) in [6, 6.07) is 14.2. The summed E-state index contributed by atoms with van der Waals surface area (Å²) in [5.74, 6) is -0.0627. The first-order chi connectivity index (χ1) is 17.1. The summed E-state index contributed by atoms with van der Waals surface area (Å²) in [6.07, 6.45) is 5.92. The van der Waals surface area contributed by atoms with E-state index in [9.17, 15) is 4.79 Å². The maximum atomic E-state index is 15.3. The van der Waals surface area contributed by atoms with E-state index in [-0.39, 0.29) is 17.7 Å². The zero-order valence-electron chi connectivity index (χ0n) is 19.7. The number of hydrogen-bond acceptors (Lipinski definition) is 5. The number of nitrogens with one attached hydrogen (secondary N) is 1. The molecule has 8 heteroatoms. The van der Waals surface area contributed by atoms with Crippen LogP contribution >= 0.6 is 0 Å². The molecule has 0 spiro atoms. The predicted octanol–water partition coefficient (Wildman–Crippen LogP) is 3.36. The standard InChI is InChI=1S/C27H29FN6O/c28-27(7-1-8-30-18-27)22-4-2-19(3-5-22)21-15-25-24(6-9-31-34(25)17-21)32-10-12-33(13-11-32)26(35)23-14-20(23)16-29/h2-6,9,15,17,20,23,30H,1,7-8,10-14,18H2/t20-,23?,27+/m1/s1. The minimum absolute atomic E-state index is 0.0941. The van der Waals surface area contributed by atoms with E-state index < -0.39 is 5.67 Å². The number of aromatic nitrogens is 2. The van der Waals surface area contributed by atoms with Gasteiger partial charge in [0.2, 0.25) is 5.91 Å². The Morgan fingerprint density at radius 3 is 2.63 bits per heavy atom. The minimum atomic E-state index is -1.30. The topological polar surface area (TPSA) is 76.7 Å². The summed E-state index contributed by atoms with van der Waals surface area (Å²) < 4.78 is 17.2. The third-order valence-corrected chi connectivity index (χ3v) is 7.76. The van der Waals surface area contributed by atoms with Gasteiger partial charge in [-0.15, -0.1) is 0 Å². The minimum Gasteiger partial charge on any atom is -0.366 e. The number of halogens is 1. The Labute approximate surface area is 204 Å². The second kappa shape index (κ2) is 8.65. The normalized spacial score (nSPS) is 26.5. The van der Waals surface area contributed by atoms with Gasteiger partial charge in [0.05, 0.1) is 29.1 Å². The van der Waals surface area contributed by atoms with Crippen molar-refractivity contribution in [2.45, 2.75) is 24.9 Å². The van der Waals surface area contributed by atoms with Crippen LogP contribution in [0.2, 0.25) is 0 Å². The van der Waals surface area contributed by atoms with Crippen molar-refractivity contribution in [2.75, 3.05) is 44.2 Å². The number of carbonyl (C=O) groups is 1. The maximum absolute atomic E-state index is 15.3. The third-order valence-electron chi connectivity index (χ3n) is 7.76. The van der Waals surface area contributed by atoms with Crippen LogP contribution in [0.15, 0.2) is 48.8 Å². The Hall–Kier alpha value is -3.44. The van der Waals surface area contributed by atoms with Gasteiger partial charge < -0.3 is 15.1 Å².